The van der Waals surface area contributed by atoms with Gasteiger partial charge in [0.05, 0.1) is 19.8 Å². The Balaban J connectivity index is 2.26. The molecule has 0 fully saturated rings. The molecule has 0 spiro atoms. The van der Waals surface area contributed by atoms with Crippen molar-refractivity contribution in [2.24, 2.45) is 5.73 Å². The zero-order valence-corrected chi connectivity index (χ0v) is 11.5. The molecule has 0 aliphatic rings. The lowest BCUT2D eigenvalue weighted by molar-refractivity contribution is 0.0642. The van der Waals surface area contributed by atoms with Gasteiger partial charge in [-0.3, -0.25) is 0 Å². The molecular formula is C14H22FNO3. The van der Waals surface area contributed by atoms with Gasteiger partial charge in [0.2, 0.25) is 0 Å². The second kappa shape index (κ2) is 8.85. The van der Waals surface area contributed by atoms with Crippen LogP contribution in [0.5, 0.6) is 5.75 Å². The molecule has 1 aromatic rings. The van der Waals surface area contributed by atoms with Crippen molar-refractivity contribution in [2.45, 2.75) is 19.4 Å². The molecule has 0 bridgehead atoms. The van der Waals surface area contributed by atoms with Gasteiger partial charge in [-0.1, -0.05) is 6.07 Å². The first kappa shape index (κ1) is 15.9. The summed E-state index contributed by atoms with van der Waals surface area (Å²) >= 11 is 0. The molecule has 0 unspecified atom stereocenters. The van der Waals surface area contributed by atoms with Crippen LogP contribution in [0.2, 0.25) is 0 Å². The van der Waals surface area contributed by atoms with Crippen molar-refractivity contribution in [2.75, 3.05) is 33.5 Å². The highest BCUT2D eigenvalue weighted by molar-refractivity contribution is 5.30. The number of methoxy groups -OCH3 is 1. The first-order chi connectivity index (χ1) is 9.15. The van der Waals surface area contributed by atoms with E-state index in [1.165, 1.54) is 6.07 Å². The second-order valence-electron chi connectivity index (χ2n) is 4.29. The third kappa shape index (κ3) is 6.00. The average Bonchev–Trinajstić information content (AvgIpc) is 2.39. The fourth-order valence-corrected chi connectivity index (χ4v) is 1.50. The summed E-state index contributed by atoms with van der Waals surface area (Å²) in [6.45, 7) is 3.94. The zero-order chi connectivity index (χ0) is 14.1. The molecule has 0 saturated heterocycles. The van der Waals surface area contributed by atoms with Crippen LogP contribution in [-0.4, -0.2) is 33.5 Å². The molecule has 0 aromatic heterocycles. The molecule has 0 aliphatic carbocycles. The minimum absolute atomic E-state index is 0.183. The van der Waals surface area contributed by atoms with Crippen LogP contribution in [0.3, 0.4) is 0 Å². The Morgan fingerprint density at radius 2 is 2.00 bits per heavy atom. The molecule has 0 radical (unpaired) electrons. The van der Waals surface area contributed by atoms with Gasteiger partial charge in [0.15, 0.2) is 11.6 Å². The minimum atomic E-state index is -0.380. The maximum Gasteiger partial charge on any atom is 0.165 e. The summed E-state index contributed by atoms with van der Waals surface area (Å²) in [5.41, 5.74) is 6.44. The molecule has 4 nitrogen and oxygen atoms in total. The lowest BCUT2D eigenvalue weighted by Crippen LogP contribution is -2.08. The second-order valence-corrected chi connectivity index (χ2v) is 4.29. The van der Waals surface area contributed by atoms with Gasteiger partial charge < -0.3 is 19.9 Å². The number of nitrogens with two attached hydrogens (primary N) is 1. The van der Waals surface area contributed by atoms with E-state index in [9.17, 15) is 4.39 Å². The number of benzene rings is 1. The molecule has 0 aliphatic heterocycles. The van der Waals surface area contributed by atoms with Crippen LogP contribution < -0.4 is 10.5 Å². The lowest BCUT2D eigenvalue weighted by atomic mass is 10.1. The SMILES string of the molecule is COCCOCCCOc1ccc([C@@H](C)N)cc1F. The smallest absolute Gasteiger partial charge is 0.165 e. The number of hydrogen-bond donors (Lipinski definition) is 1. The Kier molecular flexibility index (Phi) is 7.40. The first-order valence-electron chi connectivity index (χ1n) is 6.39. The Morgan fingerprint density at radius 3 is 2.63 bits per heavy atom. The molecule has 19 heavy (non-hydrogen) atoms. The molecular weight excluding hydrogens is 249 g/mol. The van der Waals surface area contributed by atoms with Crippen molar-refractivity contribution in [1.82, 2.24) is 0 Å². The third-order valence-electron chi connectivity index (χ3n) is 2.60. The lowest BCUT2D eigenvalue weighted by Gasteiger charge is -2.10. The van der Waals surface area contributed by atoms with Gasteiger partial charge in [-0.05, 0) is 24.6 Å². The Hall–Kier alpha value is -1.17. The molecule has 108 valence electrons. The van der Waals surface area contributed by atoms with Crippen LogP contribution >= 0.6 is 0 Å². The van der Waals surface area contributed by atoms with E-state index >= 15 is 0 Å². The van der Waals surface area contributed by atoms with Crippen LogP contribution in [0.15, 0.2) is 18.2 Å². The minimum Gasteiger partial charge on any atom is -0.490 e. The first-order valence-corrected chi connectivity index (χ1v) is 6.39. The van der Waals surface area contributed by atoms with Crippen molar-refractivity contribution >= 4 is 0 Å². The van der Waals surface area contributed by atoms with Crippen LogP contribution in [0.1, 0.15) is 24.9 Å². The van der Waals surface area contributed by atoms with Gasteiger partial charge in [0.1, 0.15) is 0 Å². The number of hydrogen-bond acceptors (Lipinski definition) is 4. The Labute approximate surface area is 113 Å². The summed E-state index contributed by atoms with van der Waals surface area (Å²) in [6, 6.07) is 4.62. The molecule has 1 atom stereocenters. The molecule has 5 heteroatoms. The van der Waals surface area contributed by atoms with Crippen LogP contribution in [0, 0.1) is 5.82 Å². The maximum atomic E-state index is 13.7. The fourth-order valence-electron chi connectivity index (χ4n) is 1.50. The number of halogens is 1. The van der Waals surface area contributed by atoms with Crippen LogP contribution in [0.25, 0.3) is 0 Å². The number of ether oxygens (including phenoxy) is 3. The Bertz CT molecular complexity index is 372. The standard InChI is InChI=1S/C14H22FNO3/c1-11(16)12-4-5-14(13(15)10-12)19-7-3-6-18-9-8-17-2/h4-5,10-11H,3,6-9,16H2,1-2H3/t11-/m1/s1. The van der Waals surface area contributed by atoms with Gasteiger partial charge in [-0.2, -0.15) is 0 Å². The molecule has 1 aromatic carbocycles. The zero-order valence-electron chi connectivity index (χ0n) is 11.5. The molecule has 2 N–H and O–H groups in total. The van der Waals surface area contributed by atoms with E-state index in [4.69, 9.17) is 19.9 Å². The molecule has 0 saturated carbocycles. The topological polar surface area (TPSA) is 53.7 Å². The van der Waals surface area contributed by atoms with Crippen molar-refractivity contribution < 1.29 is 18.6 Å². The summed E-state index contributed by atoms with van der Waals surface area (Å²) in [5.74, 6) is -0.128. The molecule has 0 heterocycles. The summed E-state index contributed by atoms with van der Waals surface area (Å²) < 4.78 is 29.1. The summed E-state index contributed by atoms with van der Waals surface area (Å²) in [5, 5.41) is 0. The van der Waals surface area contributed by atoms with Gasteiger partial charge in [0.25, 0.3) is 0 Å². The third-order valence-corrected chi connectivity index (χ3v) is 2.60. The van der Waals surface area contributed by atoms with Crippen LogP contribution in [-0.2, 0) is 9.47 Å². The highest BCUT2D eigenvalue weighted by Crippen LogP contribution is 2.21. The van der Waals surface area contributed by atoms with Crippen LogP contribution in [0.4, 0.5) is 4.39 Å². The summed E-state index contributed by atoms with van der Waals surface area (Å²) in [7, 11) is 1.63. The average molecular weight is 271 g/mol. The van der Waals surface area contributed by atoms with E-state index in [1.807, 2.05) is 6.92 Å². The van der Waals surface area contributed by atoms with E-state index in [1.54, 1.807) is 19.2 Å². The normalized spacial score (nSPS) is 12.4. The van der Waals surface area contributed by atoms with Gasteiger partial charge >= 0.3 is 0 Å². The fraction of sp³-hybridized carbons (Fsp3) is 0.571. The van der Waals surface area contributed by atoms with E-state index in [0.29, 0.717) is 32.8 Å². The van der Waals surface area contributed by atoms with E-state index in [0.717, 1.165) is 5.56 Å². The largest absolute Gasteiger partial charge is 0.490 e. The Morgan fingerprint density at radius 1 is 1.21 bits per heavy atom. The highest BCUT2D eigenvalue weighted by atomic mass is 19.1. The quantitative estimate of drug-likeness (QED) is 0.700. The van der Waals surface area contributed by atoms with Crippen molar-refractivity contribution in [3.05, 3.63) is 29.6 Å². The van der Waals surface area contributed by atoms with Gasteiger partial charge in [-0.25, -0.2) is 4.39 Å². The summed E-state index contributed by atoms with van der Waals surface area (Å²) in [4.78, 5) is 0. The monoisotopic (exact) mass is 271 g/mol. The van der Waals surface area contributed by atoms with E-state index < -0.39 is 0 Å². The van der Waals surface area contributed by atoms with Crippen molar-refractivity contribution in [1.29, 1.82) is 0 Å². The van der Waals surface area contributed by atoms with Crippen molar-refractivity contribution in [3.8, 4) is 5.75 Å². The van der Waals surface area contributed by atoms with E-state index in [-0.39, 0.29) is 17.6 Å². The van der Waals surface area contributed by atoms with Crippen molar-refractivity contribution in [3.63, 3.8) is 0 Å². The molecule has 0 amide bonds. The van der Waals surface area contributed by atoms with Gasteiger partial charge in [0, 0.05) is 26.2 Å². The predicted molar refractivity (Wildman–Crippen MR) is 71.8 cm³/mol. The maximum absolute atomic E-state index is 13.7. The number of rotatable bonds is 9. The molecule has 1 rings (SSSR count). The highest BCUT2D eigenvalue weighted by Gasteiger charge is 2.07. The predicted octanol–water partition coefficient (Wildman–Crippen LogP) is 2.28. The van der Waals surface area contributed by atoms with Gasteiger partial charge in [-0.15, -0.1) is 0 Å². The summed E-state index contributed by atoms with van der Waals surface area (Å²) in [6.07, 6.45) is 0.707. The van der Waals surface area contributed by atoms with E-state index in [2.05, 4.69) is 0 Å².